The third kappa shape index (κ3) is 2.87. The molecule has 0 saturated heterocycles. The maximum Gasteiger partial charge on any atom is 0.312 e. The van der Waals surface area contributed by atoms with Crippen LogP contribution in [-0.2, 0) is 0 Å². The molecule has 0 aromatic carbocycles. The van der Waals surface area contributed by atoms with Gasteiger partial charge < -0.3 is 10.6 Å². The van der Waals surface area contributed by atoms with Crippen molar-refractivity contribution in [3.05, 3.63) is 26.9 Å². The Morgan fingerprint density at radius 3 is 3.00 bits per heavy atom. The summed E-state index contributed by atoms with van der Waals surface area (Å²) in [6.45, 7) is 0.610. The topological polar surface area (TPSA) is 85.3 Å². The second-order valence-electron chi connectivity index (χ2n) is 4.86. The van der Waals surface area contributed by atoms with E-state index in [0.29, 0.717) is 22.8 Å². The first-order valence-corrected chi connectivity index (χ1v) is 7.06. The van der Waals surface area contributed by atoms with Gasteiger partial charge in [-0.3, -0.25) is 10.1 Å². The van der Waals surface area contributed by atoms with E-state index in [0.717, 1.165) is 19.3 Å². The number of aromatic nitrogens is 1. The molecule has 2 atom stereocenters. The molecule has 0 amide bonds. The van der Waals surface area contributed by atoms with Crippen molar-refractivity contribution in [2.24, 2.45) is 11.7 Å². The van der Waals surface area contributed by atoms with E-state index in [1.54, 1.807) is 6.20 Å². The second-order valence-corrected chi connectivity index (χ2v) is 5.77. The third-order valence-electron chi connectivity index (χ3n) is 3.76. The Kier molecular flexibility index (Phi) is 4.36. The molecule has 1 aromatic heterocycles. The van der Waals surface area contributed by atoms with E-state index in [-0.39, 0.29) is 11.7 Å². The molecule has 7 heteroatoms. The first-order valence-electron chi connectivity index (χ1n) is 6.27. The number of nitrogens with zero attached hydrogens (tertiary/aromatic N) is 3. The SMILES string of the molecule is CN(c1ncc(Br)cc1[N+](=O)[O-])C1CCCC1CN. The molecular formula is C12H17BrN4O2. The lowest BCUT2D eigenvalue weighted by molar-refractivity contribution is -0.384. The van der Waals surface area contributed by atoms with Crippen molar-refractivity contribution in [2.45, 2.75) is 25.3 Å². The molecule has 1 aliphatic carbocycles. The van der Waals surface area contributed by atoms with Gasteiger partial charge in [-0.15, -0.1) is 0 Å². The van der Waals surface area contributed by atoms with E-state index in [2.05, 4.69) is 20.9 Å². The van der Waals surface area contributed by atoms with Crippen LogP contribution in [0.2, 0.25) is 0 Å². The molecule has 1 fully saturated rings. The van der Waals surface area contributed by atoms with Crippen molar-refractivity contribution >= 4 is 27.4 Å². The molecule has 1 aromatic rings. The van der Waals surface area contributed by atoms with Crippen molar-refractivity contribution < 1.29 is 4.92 Å². The molecule has 2 N–H and O–H groups in total. The van der Waals surface area contributed by atoms with E-state index < -0.39 is 4.92 Å². The lowest BCUT2D eigenvalue weighted by Gasteiger charge is -2.29. The average Bonchev–Trinajstić information content (AvgIpc) is 2.86. The fourth-order valence-corrected chi connectivity index (χ4v) is 3.11. The van der Waals surface area contributed by atoms with Crippen LogP contribution in [0.5, 0.6) is 0 Å². The van der Waals surface area contributed by atoms with E-state index in [1.807, 2.05) is 11.9 Å². The zero-order valence-corrected chi connectivity index (χ0v) is 12.3. The summed E-state index contributed by atoms with van der Waals surface area (Å²) in [4.78, 5) is 16.9. The fourth-order valence-electron chi connectivity index (χ4n) is 2.79. The van der Waals surface area contributed by atoms with Crippen LogP contribution in [0.3, 0.4) is 0 Å². The molecule has 0 bridgehead atoms. The number of anilines is 1. The van der Waals surface area contributed by atoms with Crippen LogP contribution in [-0.4, -0.2) is 29.5 Å². The minimum absolute atomic E-state index is 0.0274. The van der Waals surface area contributed by atoms with E-state index in [4.69, 9.17) is 5.73 Å². The molecular weight excluding hydrogens is 312 g/mol. The van der Waals surface area contributed by atoms with Crippen LogP contribution in [0.4, 0.5) is 11.5 Å². The van der Waals surface area contributed by atoms with Gasteiger partial charge in [-0.25, -0.2) is 4.98 Å². The molecule has 0 aliphatic heterocycles. The van der Waals surface area contributed by atoms with Gasteiger partial charge in [-0.1, -0.05) is 6.42 Å². The first-order chi connectivity index (χ1) is 9.04. The zero-order valence-electron chi connectivity index (χ0n) is 10.8. The van der Waals surface area contributed by atoms with E-state index in [1.165, 1.54) is 6.07 Å². The number of nitro groups is 1. The van der Waals surface area contributed by atoms with Crippen molar-refractivity contribution in [1.82, 2.24) is 4.98 Å². The van der Waals surface area contributed by atoms with Gasteiger partial charge in [0.15, 0.2) is 0 Å². The van der Waals surface area contributed by atoms with Gasteiger partial charge >= 0.3 is 5.69 Å². The summed E-state index contributed by atoms with van der Waals surface area (Å²) >= 11 is 3.22. The monoisotopic (exact) mass is 328 g/mol. The minimum atomic E-state index is -0.393. The maximum atomic E-state index is 11.1. The number of hydrogen-bond donors (Lipinski definition) is 1. The zero-order chi connectivity index (χ0) is 14.0. The number of pyridine rings is 1. The molecule has 2 unspecified atom stereocenters. The van der Waals surface area contributed by atoms with Crippen LogP contribution >= 0.6 is 15.9 Å². The van der Waals surface area contributed by atoms with E-state index in [9.17, 15) is 10.1 Å². The summed E-state index contributed by atoms with van der Waals surface area (Å²) in [7, 11) is 1.86. The molecule has 1 saturated carbocycles. The smallest absolute Gasteiger partial charge is 0.312 e. The molecule has 19 heavy (non-hydrogen) atoms. The predicted molar refractivity (Wildman–Crippen MR) is 77.2 cm³/mol. The summed E-state index contributed by atoms with van der Waals surface area (Å²) in [6.07, 6.45) is 4.79. The van der Waals surface area contributed by atoms with Crippen LogP contribution in [0.1, 0.15) is 19.3 Å². The van der Waals surface area contributed by atoms with Crippen LogP contribution in [0, 0.1) is 16.0 Å². The molecule has 1 heterocycles. The van der Waals surface area contributed by atoms with Crippen LogP contribution < -0.4 is 10.6 Å². The van der Waals surface area contributed by atoms with Crippen molar-refractivity contribution in [3.8, 4) is 0 Å². The van der Waals surface area contributed by atoms with Gasteiger partial charge in [0.2, 0.25) is 5.82 Å². The predicted octanol–water partition coefficient (Wildman–Crippen LogP) is 2.32. The van der Waals surface area contributed by atoms with Gasteiger partial charge in [0.1, 0.15) is 0 Å². The normalized spacial score (nSPS) is 22.5. The minimum Gasteiger partial charge on any atom is -0.351 e. The number of nitrogens with two attached hydrogens (primary N) is 1. The highest BCUT2D eigenvalue weighted by molar-refractivity contribution is 9.10. The quantitative estimate of drug-likeness (QED) is 0.677. The highest BCUT2D eigenvalue weighted by Gasteiger charge is 2.33. The third-order valence-corrected chi connectivity index (χ3v) is 4.20. The number of hydrogen-bond acceptors (Lipinski definition) is 5. The molecule has 2 rings (SSSR count). The largest absolute Gasteiger partial charge is 0.351 e. The molecule has 6 nitrogen and oxygen atoms in total. The van der Waals surface area contributed by atoms with Crippen molar-refractivity contribution in [1.29, 1.82) is 0 Å². The first kappa shape index (κ1) is 14.2. The lowest BCUT2D eigenvalue weighted by atomic mass is 10.0. The van der Waals surface area contributed by atoms with Gasteiger partial charge in [0, 0.05) is 29.8 Å². The van der Waals surface area contributed by atoms with Crippen LogP contribution in [0.15, 0.2) is 16.7 Å². The van der Waals surface area contributed by atoms with Gasteiger partial charge in [0.05, 0.1) is 4.92 Å². The molecule has 0 spiro atoms. The fraction of sp³-hybridized carbons (Fsp3) is 0.583. The standard InChI is InChI=1S/C12H17BrN4O2/c1-16(10-4-2-3-8(10)6-14)12-11(17(18)19)5-9(13)7-15-12/h5,7-8,10H,2-4,6,14H2,1H3. The lowest BCUT2D eigenvalue weighted by Crippen LogP contribution is -2.38. The van der Waals surface area contributed by atoms with Crippen molar-refractivity contribution in [2.75, 3.05) is 18.5 Å². The summed E-state index contributed by atoms with van der Waals surface area (Å²) in [5.74, 6) is 0.800. The molecule has 0 radical (unpaired) electrons. The summed E-state index contributed by atoms with van der Waals surface area (Å²) in [5, 5.41) is 11.1. The van der Waals surface area contributed by atoms with Gasteiger partial charge in [0.25, 0.3) is 0 Å². The number of rotatable bonds is 4. The Morgan fingerprint density at radius 1 is 1.63 bits per heavy atom. The Bertz CT molecular complexity index is 483. The number of halogens is 1. The summed E-state index contributed by atoms with van der Waals surface area (Å²) < 4.78 is 0.609. The average molecular weight is 329 g/mol. The van der Waals surface area contributed by atoms with Crippen molar-refractivity contribution in [3.63, 3.8) is 0 Å². The molecule has 104 valence electrons. The second kappa shape index (κ2) is 5.83. The molecule has 1 aliphatic rings. The highest BCUT2D eigenvalue weighted by Crippen LogP contribution is 2.35. The summed E-state index contributed by atoms with van der Waals surface area (Å²) in [5.41, 5.74) is 5.80. The summed E-state index contributed by atoms with van der Waals surface area (Å²) in [6, 6.07) is 1.72. The highest BCUT2D eigenvalue weighted by atomic mass is 79.9. The van der Waals surface area contributed by atoms with Gasteiger partial charge in [-0.05, 0) is 41.2 Å². The Hall–Kier alpha value is -1.21. The van der Waals surface area contributed by atoms with Crippen LogP contribution in [0.25, 0.3) is 0 Å². The Morgan fingerprint density at radius 2 is 2.37 bits per heavy atom. The van der Waals surface area contributed by atoms with E-state index >= 15 is 0 Å². The Labute approximate surface area is 120 Å². The maximum absolute atomic E-state index is 11.1. The Balaban J connectivity index is 2.33. The van der Waals surface area contributed by atoms with Gasteiger partial charge in [-0.2, -0.15) is 0 Å².